The largest absolute Gasteiger partial charge is 0.363 e. The van der Waals surface area contributed by atoms with Crippen LogP contribution in [-0.2, 0) is 6.54 Å². The molecule has 0 unspecified atom stereocenters. The average Bonchev–Trinajstić information content (AvgIpc) is 3.06. The van der Waals surface area contributed by atoms with Crippen molar-refractivity contribution in [1.29, 1.82) is 0 Å². The molecule has 1 aliphatic rings. The molecule has 1 aliphatic heterocycles. The lowest BCUT2D eigenvalue weighted by molar-refractivity contribution is 0.586. The Morgan fingerprint density at radius 3 is 2.80 bits per heavy atom. The van der Waals surface area contributed by atoms with Crippen LogP contribution < -0.4 is 15.1 Å². The molecule has 0 amide bonds. The molecule has 0 radical (unpaired) electrons. The predicted molar refractivity (Wildman–Crippen MR) is 98.1 cm³/mol. The Hall–Kier alpha value is -2.74. The van der Waals surface area contributed by atoms with Gasteiger partial charge in [-0.1, -0.05) is 6.07 Å². The number of rotatable bonds is 4. The SMILES string of the molecule is CN(C)c1cccc(Cn2ncc3c(N4CCNCC4)ncnc32)n1. The maximum Gasteiger partial charge on any atom is 0.163 e. The fourth-order valence-corrected chi connectivity index (χ4v) is 3.08. The zero-order chi connectivity index (χ0) is 17.2. The maximum absolute atomic E-state index is 4.67. The number of piperazine rings is 1. The molecule has 0 atom stereocenters. The molecule has 1 fully saturated rings. The summed E-state index contributed by atoms with van der Waals surface area (Å²) in [6, 6.07) is 6.03. The van der Waals surface area contributed by atoms with Crippen molar-refractivity contribution in [1.82, 2.24) is 30.0 Å². The van der Waals surface area contributed by atoms with Crippen LogP contribution in [0.2, 0.25) is 0 Å². The van der Waals surface area contributed by atoms with E-state index < -0.39 is 0 Å². The van der Waals surface area contributed by atoms with E-state index in [-0.39, 0.29) is 0 Å². The third-order valence-corrected chi connectivity index (χ3v) is 4.39. The van der Waals surface area contributed by atoms with Crippen LogP contribution in [0, 0.1) is 0 Å². The van der Waals surface area contributed by atoms with Gasteiger partial charge in [-0.2, -0.15) is 5.10 Å². The Balaban J connectivity index is 1.66. The Labute approximate surface area is 146 Å². The lowest BCUT2D eigenvalue weighted by atomic mass is 10.3. The van der Waals surface area contributed by atoms with E-state index in [4.69, 9.17) is 0 Å². The quantitative estimate of drug-likeness (QED) is 0.752. The number of hydrogen-bond acceptors (Lipinski definition) is 7. The van der Waals surface area contributed by atoms with Gasteiger partial charge in [0.15, 0.2) is 5.65 Å². The molecule has 130 valence electrons. The van der Waals surface area contributed by atoms with E-state index in [9.17, 15) is 0 Å². The minimum atomic E-state index is 0.586. The van der Waals surface area contributed by atoms with Crippen LogP contribution in [0.5, 0.6) is 0 Å². The summed E-state index contributed by atoms with van der Waals surface area (Å²) in [5.74, 6) is 1.90. The summed E-state index contributed by atoms with van der Waals surface area (Å²) < 4.78 is 1.89. The first-order chi connectivity index (χ1) is 12.2. The van der Waals surface area contributed by atoms with Crippen molar-refractivity contribution >= 4 is 22.7 Å². The smallest absolute Gasteiger partial charge is 0.163 e. The van der Waals surface area contributed by atoms with Crippen molar-refractivity contribution in [3.05, 3.63) is 36.4 Å². The van der Waals surface area contributed by atoms with Crippen molar-refractivity contribution < 1.29 is 0 Å². The molecule has 0 saturated carbocycles. The standard InChI is InChI=1S/C17H22N8/c1-23(2)15-5-3-4-13(22-15)11-25-17-14(10-21-25)16(19-12-20-17)24-8-6-18-7-9-24/h3-5,10,12,18H,6-9,11H2,1-2H3. The van der Waals surface area contributed by atoms with Crippen LogP contribution in [0.3, 0.4) is 0 Å². The summed E-state index contributed by atoms with van der Waals surface area (Å²) in [7, 11) is 3.98. The van der Waals surface area contributed by atoms with Crippen molar-refractivity contribution in [3.63, 3.8) is 0 Å². The van der Waals surface area contributed by atoms with E-state index in [0.29, 0.717) is 6.54 Å². The second-order valence-electron chi connectivity index (χ2n) is 6.36. The third-order valence-electron chi connectivity index (χ3n) is 4.39. The lowest BCUT2D eigenvalue weighted by Crippen LogP contribution is -2.44. The fraction of sp³-hybridized carbons (Fsp3) is 0.412. The molecule has 4 rings (SSSR count). The summed E-state index contributed by atoms with van der Waals surface area (Å²) in [6.07, 6.45) is 3.49. The van der Waals surface area contributed by atoms with E-state index in [1.54, 1.807) is 6.33 Å². The zero-order valence-electron chi connectivity index (χ0n) is 14.6. The highest BCUT2D eigenvalue weighted by atomic mass is 15.3. The molecule has 0 aromatic carbocycles. The number of pyridine rings is 1. The monoisotopic (exact) mass is 338 g/mol. The van der Waals surface area contributed by atoms with E-state index in [1.807, 2.05) is 48.1 Å². The van der Waals surface area contributed by atoms with E-state index in [0.717, 1.165) is 54.5 Å². The molecule has 25 heavy (non-hydrogen) atoms. The summed E-state index contributed by atoms with van der Waals surface area (Å²) >= 11 is 0. The van der Waals surface area contributed by atoms with Gasteiger partial charge in [0.2, 0.25) is 0 Å². The molecule has 3 aromatic rings. The molecule has 1 saturated heterocycles. The topological polar surface area (TPSA) is 75.0 Å². The fourth-order valence-electron chi connectivity index (χ4n) is 3.08. The van der Waals surface area contributed by atoms with E-state index in [2.05, 4.69) is 30.3 Å². The Morgan fingerprint density at radius 1 is 1.16 bits per heavy atom. The first-order valence-corrected chi connectivity index (χ1v) is 8.48. The number of hydrogen-bond donors (Lipinski definition) is 1. The molecular weight excluding hydrogens is 316 g/mol. The number of anilines is 2. The van der Waals surface area contributed by atoms with Gasteiger partial charge >= 0.3 is 0 Å². The molecule has 8 nitrogen and oxygen atoms in total. The van der Waals surface area contributed by atoms with Gasteiger partial charge in [0, 0.05) is 40.3 Å². The van der Waals surface area contributed by atoms with Gasteiger partial charge in [-0.3, -0.25) is 0 Å². The second kappa shape index (κ2) is 6.64. The lowest BCUT2D eigenvalue weighted by Gasteiger charge is -2.28. The van der Waals surface area contributed by atoms with Gasteiger partial charge < -0.3 is 15.1 Å². The molecule has 0 bridgehead atoms. The van der Waals surface area contributed by atoms with Gasteiger partial charge in [-0.25, -0.2) is 19.6 Å². The number of aromatic nitrogens is 5. The minimum absolute atomic E-state index is 0.586. The molecule has 0 aliphatic carbocycles. The molecule has 8 heteroatoms. The summed E-state index contributed by atoms with van der Waals surface area (Å²) in [5.41, 5.74) is 1.80. The number of fused-ring (bicyclic) bond motifs is 1. The highest BCUT2D eigenvalue weighted by molar-refractivity contribution is 5.86. The van der Waals surface area contributed by atoms with E-state index in [1.165, 1.54) is 0 Å². The van der Waals surface area contributed by atoms with Crippen LogP contribution in [-0.4, -0.2) is 65.0 Å². The van der Waals surface area contributed by atoms with Crippen LogP contribution in [0.15, 0.2) is 30.7 Å². The summed E-state index contributed by atoms with van der Waals surface area (Å²) in [6.45, 7) is 4.43. The summed E-state index contributed by atoms with van der Waals surface area (Å²) in [4.78, 5) is 17.9. The number of nitrogens with one attached hydrogen (secondary N) is 1. The van der Waals surface area contributed by atoms with E-state index >= 15 is 0 Å². The number of nitrogens with zero attached hydrogens (tertiary/aromatic N) is 7. The molecule has 1 N–H and O–H groups in total. The van der Waals surface area contributed by atoms with Crippen molar-refractivity contribution in [3.8, 4) is 0 Å². The first kappa shape index (κ1) is 15.8. The maximum atomic E-state index is 4.67. The molecular formula is C17H22N8. The van der Waals surface area contributed by atoms with Gasteiger partial charge in [0.25, 0.3) is 0 Å². The second-order valence-corrected chi connectivity index (χ2v) is 6.36. The predicted octanol–water partition coefficient (Wildman–Crippen LogP) is 0.745. The zero-order valence-corrected chi connectivity index (χ0v) is 14.6. The minimum Gasteiger partial charge on any atom is -0.363 e. The Bertz CT molecular complexity index is 866. The van der Waals surface area contributed by atoms with Gasteiger partial charge in [-0.15, -0.1) is 0 Å². The Kier molecular flexibility index (Phi) is 4.19. The van der Waals surface area contributed by atoms with Crippen LogP contribution in [0.25, 0.3) is 11.0 Å². The average molecular weight is 338 g/mol. The van der Waals surface area contributed by atoms with Gasteiger partial charge in [0.1, 0.15) is 18.0 Å². The molecule has 0 spiro atoms. The van der Waals surface area contributed by atoms with Gasteiger partial charge in [0.05, 0.1) is 23.8 Å². The van der Waals surface area contributed by atoms with Crippen LogP contribution in [0.1, 0.15) is 5.69 Å². The summed E-state index contributed by atoms with van der Waals surface area (Å²) in [5, 5.41) is 8.90. The van der Waals surface area contributed by atoms with Crippen molar-refractivity contribution in [2.75, 3.05) is 50.1 Å². The van der Waals surface area contributed by atoms with Crippen molar-refractivity contribution in [2.24, 2.45) is 0 Å². The first-order valence-electron chi connectivity index (χ1n) is 8.48. The van der Waals surface area contributed by atoms with Crippen LogP contribution >= 0.6 is 0 Å². The third kappa shape index (κ3) is 3.12. The van der Waals surface area contributed by atoms with Crippen molar-refractivity contribution in [2.45, 2.75) is 6.54 Å². The van der Waals surface area contributed by atoms with Gasteiger partial charge in [-0.05, 0) is 12.1 Å². The van der Waals surface area contributed by atoms with Crippen LogP contribution in [0.4, 0.5) is 11.6 Å². The molecule has 4 heterocycles. The normalized spacial score (nSPS) is 14.9. The highest BCUT2D eigenvalue weighted by Crippen LogP contribution is 2.23. The highest BCUT2D eigenvalue weighted by Gasteiger charge is 2.17. The molecule has 3 aromatic heterocycles. The Morgan fingerprint density at radius 2 is 2.00 bits per heavy atom.